The van der Waals surface area contributed by atoms with Gasteiger partial charge in [-0.1, -0.05) is 0 Å². The zero-order valence-corrected chi connectivity index (χ0v) is 11.4. The molecule has 1 saturated heterocycles. The van der Waals surface area contributed by atoms with Crippen LogP contribution in [0.3, 0.4) is 0 Å². The Morgan fingerprint density at radius 2 is 2.06 bits per heavy atom. The lowest BCUT2D eigenvalue weighted by atomic mass is 10.2. The van der Waals surface area contributed by atoms with Crippen molar-refractivity contribution in [2.45, 2.75) is 39.4 Å². The van der Waals surface area contributed by atoms with Gasteiger partial charge in [-0.3, -0.25) is 0 Å². The number of hydrogen-bond acceptors (Lipinski definition) is 5. The molecule has 1 aliphatic heterocycles. The van der Waals surface area contributed by atoms with Crippen LogP contribution < -0.4 is 0 Å². The number of esters is 1. The minimum atomic E-state index is -0.734. The van der Waals surface area contributed by atoms with Gasteiger partial charge in [-0.05, 0) is 27.7 Å². The third kappa shape index (κ3) is 4.52. The minimum absolute atomic E-state index is 0.174. The number of amides is 1. The second kappa shape index (κ2) is 6.04. The van der Waals surface area contributed by atoms with Crippen molar-refractivity contribution < 1.29 is 23.8 Å². The number of hydrogen-bond donors (Lipinski definition) is 0. The maximum absolute atomic E-state index is 11.8. The first-order valence-corrected chi connectivity index (χ1v) is 6.09. The Balaban J connectivity index is 2.53. The predicted molar refractivity (Wildman–Crippen MR) is 64.2 cm³/mol. The number of carbonyl (C=O) groups is 2. The summed E-state index contributed by atoms with van der Waals surface area (Å²) in [4.78, 5) is 24.8. The summed E-state index contributed by atoms with van der Waals surface area (Å²) in [6.45, 7) is 8.33. The minimum Gasteiger partial charge on any atom is -0.458 e. The fourth-order valence-corrected chi connectivity index (χ4v) is 1.54. The average Bonchev–Trinajstić information content (AvgIpc) is 2.27. The van der Waals surface area contributed by atoms with Crippen molar-refractivity contribution in [3.63, 3.8) is 0 Å². The summed E-state index contributed by atoms with van der Waals surface area (Å²) >= 11 is 0. The van der Waals surface area contributed by atoms with Gasteiger partial charge in [0.15, 0.2) is 6.10 Å². The summed E-state index contributed by atoms with van der Waals surface area (Å²) < 4.78 is 15.4. The van der Waals surface area contributed by atoms with Crippen LogP contribution in [0, 0.1) is 0 Å². The van der Waals surface area contributed by atoms with Gasteiger partial charge in [0.1, 0.15) is 5.60 Å². The van der Waals surface area contributed by atoms with Crippen LogP contribution in [0.15, 0.2) is 0 Å². The molecule has 0 radical (unpaired) electrons. The molecule has 1 fully saturated rings. The summed E-state index contributed by atoms with van der Waals surface area (Å²) in [7, 11) is 0. The number of ether oxygens (including phenoxy) is 3. The van der Waals surface area contributed by atoms with Gasteiger partial charge in [-0.2, -0.15) is 0 Å². The van der Waals surface area contributed by atoms with E-state index in [9.17, 15) is 9.59 Å². The van der Waals surface area contributed by atoms with Crippen molar-refractivity contribution in [1.29, 1.82) is 0 Å². The highest BCUT2D eigenvalue weighted by Gasteiger charge is 2.32. The van der Waals surface area contributed by atoms with Crippen LogP contribution in [0.25, 0.3) is 0 Å². The van der Waals surface area contributed by atoms with Gasteiger partial charge in [0.05, 0.1) is 19.8 Å². The molecule has 0 bridgehead atoms. The summed E-state index contributed by atoms with van der Waals surface area (Å²) in [5, 5.41) is 0. The summed E-state index contributed by atoms with van der Waals surface area (Å²) in [5.41, 5.74) is -0.563. The van der Waals surface area contributed by atoms with Gasteiger partial charge in [0, 0.05) is 6.54 Å². The molecule has 6 nitrogen and oxygen atoms in total. The van der Waals surface area contributed by atoms with Crippen LogP contribution in [-0.2, 0) is 19.0 Å². The standard InChI is InChI=1S/C12H21NO5/c1-5-16-11(15)13-6-7-17-9(8-13)10(14)18-12(2,3)4/h9H,5-8H2,1-4H3/t9-/m0/s1. The highest BCUT2D eigenvalue weighted by atomic mass is 16.6. The van der Waals surface area contributed by atoms with E-state index in [1.165, 1.54) is 4.90 Å². The molecule has 0 unspecified atom stereocenters. The second-order valence-electron chi connectivity index (χ2n) is 5.04. The number of carbonyl (C=O) groups excluding carboxylic acids is 2. The Morgan fingerprint density at radius 3 is 2.61 bits per heavy atom. The van der Waals surface area contributed by atoms with Gasteiger partial charge in [0.25, 0.3) is 0 Å². The largest absolute Gasteiger partial charge is 0.458 e. The van der Waals surface area contributed by atoms with Crippen LogP contribution in [0.4, 0.5) is 4.79 Å². The Kier molecular flexibility index (Phi) is 4.95. The topological polar surface area (TPSA) is 65.1 Å². The molecule has 18 heavy (non-hydrogen) atoms. The highest BCUT2D eigenvalue weighted by Crippen LogP contribution is 2.13. The molecular formula is C12H21NO5. The van der Waals surface area contributed by atoms with Crippen molar-refractivity contribution >= 4 is 12.1 Å². The van der Waals surface area contributed by atoms with Gasteiger partial charge in [0.2, 0.25) is 0 Å². The molecule has 1 rings (SSSR count). The van der Waals surface area contributed by atoms with Crippen molar-refractivity contribution in [3.8, 4) is 0 Å². The number of nitrogens with zero attached hydrogens (tertiary/aromatic N) is 1. The van der Waals surface area contributed by atoms with E-state index in [1.54, 1.807) is 27.7 Å². The molecule has 0 aromatic heterocycles. The first-order chi connectivity index (χ1) is 8.33. The van der Waals surface area contributed by atoms with Crippen LogP contribution in [-0.4, -0.2) is 55.0 Å². The zero-order valence-electron chi connectivity index (χ0n) is 11.4. The van der Waals surface area contributed by atoms with Crippen LogP contribution >= 0.6 is 0 Å². The van der Waals surface area contributed by atoms with Crippen molar-refractivity contribution in [2.24, 2.45) is 0 Å². The van der Waals surface area contributed by atoms with E-state index in [1.807, 2.05) is 0 Å². The van der Waals surface area contributed by atoms with Crippen molar-refractivity contribution in [3.05, 3.63) is 0 Å². The van der Waals surface area contributed by atoms with E-state index in [-0.39, 0.29) is 6.54 Å². The molecule has 1 amide bonds. The van der Waals surface area contributed by atoms with Crippen LogP contribution in [0.1, 0.15) is 27.7 Å². The summed E-state index contributed by atoms with van der Waals surface area (Å²) in [5.74, 6) is -0.448. The lowest BCUT2D eigenvalue weighted by Crippen LogP contribution is -2.50. The lowest BCUT2D eigenvalue weighted by Gasteiger charge is -2.32. The Hall–Kier alpha value is -1.30. The zero-order chi connectivity index (χ0) is 13.8. The summed E-state index contributed by atoms with van der Waals surface area (Å²) in [6, 6.07) is 0. The fraction of sp³-hybridized carbons (Fsp3) is 0.833. The number of rotatable bonds is 2. The predicted octanol–water partition coefficient (Wildman–Crippen LogP) is 1.19. The molecule has 0 aliphatic carbocycles. The van der Waals surface area contributed by atoms with Crippen LogP contribution in [0.2, 0.25) is 0 Å². The molecule has 1 atom stereocenters. The van der Waals surface area contributed by atoms with Gasteiger partial charge < -0.3 is 19.1 Å². The van der Waals surface area contributed by atoms with Gasteiger partial charge >= 0.3 is 12.1 Å². The SMILES string of the molecule is CCOC(=O)N1CCO[C@H](C(=O)OC(C)(C)C)C1. The fourth-order valence-electron chi connectivity index (χ4n) is 1.54. The second-order valence-corrected chi connectivity index (χ2v) is 5.04. The van der Waals surface area contributed by atoms with Crippen molar-refractivity contribution in [2.75, 3.05) is 26.3 Å². The monoisotopic (exact) mass is 259 g/mol. The normalized spacial score (nSPS) is 20.4. The third-order valence-corrected chi connectivity index (χ3v) is 2.26. The third-order valence-electron chi connectivity index (χ3n) is 2.26. The van der Waals surface area contributed by atoms with E-state index < -0.39 is 23.8 Å². The quantitative estimate of drug-likeness (QED) is 0.697. The molecule has 0 aromatic carbocycles. The van der Waals surface area contributed by atoms with E-state index in [0.717, 1.165) is 0 Å². The molecular weight excluding hydrogens is 238 g/mol. The molecule has 0 spiro atoms. The first-order valence-electron chi connectivity index (χ1n) is 6.09. The Labute approximate surface area is 107 Å². The molecule has 0 N–H and O–H groups in total. The smallest absolute Gasteiger partial charge is 0.409 e. The van der Waals surface area contributed by atoms with E-state index >= 15 is 0 Å². The average molecular weight is 259 g/mol. The van der Waals surface area contributed by atoms with E-state index in [2.05, 4.69) is 0 Å². The molecule has 0 saturated carbocycles. The Morgan fingerprint density at radius 1 is 1.39 bits per heavy atom. The highest BCUT2D eigenvalue weighted by molar-refractivity contribution is 5.77. The van der Waals surface area contributed by atoms with E-state index in [0.29, 0.717) is 19.8 Å². The van der Waals surface area contributed by atoms with E-state index in [4.69, 9.17) is 14.2 Å². The Bertz CT molecular complexity index is 310. The number of morpholine rings is 1. The van der Waals surface area contributed by atoms with Gasteiger partial charge in [-0.15, -0.1) is 0 Å². The maximum atomic E-state index is 11.8. The van der Waals surface area contributed by atoms with Crippen LogP contribution in [0.5, 0.6) is 0 Å². The molecule has 1 aliphatic rings. The van der Waals surface area contributed by atoms with Crippen molar-refractivity contribution in [1.82, 2.24) is 4.90 Å². The maximum Gasteiger partial charge on any atom is 0.409 e. The summed E-state index contributed by atoms with van der Waals surface area (Å²) in [6.07, 6.45) is -1.16. The molecule has 104 valence electrons. The molecule has 1 heterocycles. The van der Waals surface area contributed by atoms with Gasteiger partial charge in [-0.25, -0.2) is 9.59 Å². The lowest BCUT2D eigenvalue weighted by molar-refractivity contribution is -0.173. The first kappa shape index (κ1) is 14.8. The molecule has 0 aromatic rings. The molecule has 6 heteroatoms.